The van der Waals surface area contributed by atoms with Gasteiger partial charge in [0.25, 0.3) is 0 Å². The van der Waals surface area contributed by atoms with Crippen LogP contribution < -0.4 is 0 Å². The molecular weight excluding hydrogens is 239 g/mol. The van der Waals surface area contributed by atoms with Crippen molar-refractivity contribution in [2.24, 2.45) is 5.41 Å². The summed E-state index contributed by atoms with van der Waals surface area (Å²) in [7, 11) is 0. The zero-order valence-electron chi connectivity index (χ0n) is 10.6. The first-order chi connectivity index (χ1) is 6.84. The molecule has 2 N–H and O–H groups in total. The van der Waals surface area contributed by atoms with Crippen LogP contribution in [0.4, 0.5) is 0 Å². The maximum atomic E-state index is 11.8. The molecule has 0 bridgehead atoms. The first kappa shape index (κ1) is 18.9. The van der Waals surface area contributed by atoms with Gasteiger partial charge >= 0.3 is 11.9 Å². The monoisotopic (exact) mass is 262 g/mol. The summed E-state index contributed by atoms with van der Waals surface area (Å²) in [6.45, 7) is 7.98. The average molecular weight is 262 g/mol. The van der Waals surface area contributed by atoms with E-state index in [1.165, 1.54) is 34.6 Å². The lowest BCUT2D eigenvalue weighted by atomic mass is 9.65. The highest BCUT2D eigenvalue weighted by Crippen LogP contribution is 2.42. The predicted molar refractivity (Wildman–Crippen MR) is 67.4 cm³/mol. The van der Waals surface area contributed by atoms with E-state index < -0.39 is 28.6 Å². The van der Waals surface area contributed by atoms with Crippen LogP contribution >= 0.6 is 0 Å². The molecule has 0 saturated carbocycles. The molecule has 0 saturated heterocycles. The summed E-state index contributed by atoms with van der Waals surface area (Å²) < 4.78 is 4.47. The van der Waals surface area contributed by atoms with Crippen molar-refractivity contribution in [2.45, 2.75) is 52.7 Å². The zero-order chi connectivity index (χ0) is 13.4. The van der Waals surface area contributed by atoms with E-state index >= 15 is 0 Å². The highest BCUT2D eigenvalue weighted by Gasteiger charge is 2.57. The fourth-order valence-corrected chi connectivity index (χ4v) is 1.48. The molecule has 0 aliphatic carbocycles. The molecule has 0 aliphatic rings. The Hall–Kier alpha value is -0.408. The first-order valence-corrected chi connectivity index (χ1v) is 5.01. The van der Waals surface area contributed by atoms with Gasteiger partial charge in [0.2, 0.25) is 0 Å². The molecule has 0 aromatic carbocycles. The van der Waals surface area contributed by atoms with E-state index in [0.29, 0.717) is 0 Å². The van der Waals surface area contributed by atoms with E-state index in [9.17, 15) is 19.8 Å². The summed E-state index contributed by atoms with van der Waals surface area (Å²) in [4.78, 5) is 22.6. The van der Waals surface area contributed by atoms with Crippen LogP contribution in [0.1, 0.15) is 41.5 Å². The van der Waals surface area contributed by atoms with Gasteiger partial charge in [-0.25, -0.2) is 0 Å². The molecule has 0 spiro atoms. The minimum atomic E-state index is -1.61. The number of hydrogen-bond acceptors (Lipinski definition) is 5. The van der Waals surface area contributed by atoms with Gasteiger partial charge in [-0.3, -0.25) is 9.59 Å². The van der Waals surface area contributed by atoms with E-state index in [0.717, 1.165) is 6.92 Å². The van der Waals surface area contributed by atoms with E-state index in [4.69, 9.17) is 0 Å². The topological polar surface area (TPSA) is 83.8 Å². The molecule has 0 radical (unpaired) electrons. The molecule has 0 atom stereocenters. The Kier molecular flexibility index (Phi) is 6.12. The summed E-state index contributed by atoms with van der Waals surface area (Å²) in [6.07, 6.45) is 0. The van der Waals surface area contributed by atoms with Crippen molar-refractivity contribution in [1.29, 1.82) is 0 Å². The largest absolute Gasteiger partial charge is 0.393 e. The Bertz CT molecular complexity index is 284. The minimum absolute atomic E-state index is 0. The van der Waals surface area contributed by atoms with Gasteiger partial charge in [-0.15, -0.1) is 0 Å². The average Bonchev–Trinajstić information content (AvgIpc) is 1.96. The first-order valence-electron chi connectivity index (χ1n) is 5.01. The standard InChI is InChI=1S/C11H20O5.Al.3H/c1-7(12)16-8(13)11(6,9(2,3)14)10(4,5)15;;;;/h14-15H,1-6H3;;;;. The number of aliphatic hydroxyl groups is 2. The third kappa shape index (κ3) is 3.78. The van der Waals surface area contributed by atoms with Crippen LogP contribution in [0.2, 0.25) is 0 Å². The molecule has 0 aromatic rings. The summed E-state index contributed by atoms with van der Waals surface area (Å²) in [5.74, 6) is -1.72. The number of esters is 2. The smallest absolute Gasteiger partial charge is 0.325 e. The number of carbonyl (C=O) groups is 2. The minimum Gasteiger partial charge on any atom is -0.393 e. The van der Waals surface area contributed by atoms with E-state index in [1.54, 1.807) is 0 Å². The molecule has 6 heteroatoms. The van der Waals surface area contributed by atoms with Crippen molar-refractivity contribution < 1.29 is 24.5 Å². The van der Waals surface area contributed by atoms with Crippen LogP contribution in [-0.4, -0.2) is 50.7 Å². The predicted octanol–water partition coefficient (Wildman–Crippen LogP) is -0.560. The van der Waals surface area contributed by atoms with Crippen molar-refractivity contribution in [3.05, 3.63) is 0 Å². The van der Waals surface area contributed by atoms with Gasteiger partial charge < -0.3 is 14.9 Å². The summed E-state index contributed by atoms with van der Waals surface area (Å²) >= 11 is 0. The lowest BCUT2D eigenvalue weighted by Gasteiger charge is -2.45. The van der Waals surface area contributed by atoms with Crippen LogP contribution in [0, 0.1) is 5.41 Å². The van der Waals surface area contributed by atoms with Crippen LogP contribution in [0.15, 0.2) is 0 Å². The van der Waals surface area contributed by atoms with Crippen molar-refractivity contribution >= 4 is 29.3 Å². The second-order valence-corrected chi connectivity index (χ2v) is 5.12. The summed E-state index contributed by atoms with van der Waals surface area (Å²) in [5.41, 5.74) is -4.67. The Balaban J connectivity index is 0. The van der Waals surface area contributed by atoms with Crippen molar-refractivity contribution in [3.63, 3.8) is 0 Å². The Morgan fingerprint density at radius 1 is 0.941 bits per heavy atom. The Morgan fingerprint density at radius 3 is 1.41 bits per heavy atom. The highest BCUT2D eigenvalue weighted by atomic mass is 27.0. The quantitative estimate of drug-likeness (QED) is 0.405. The second kappa shape index (κ2) is 5.49. The maximum absolute atomic E-state index is 11.8. The summed E-state index contributed by atoms with van der Waals surface area (Å²) in [5, 5.41) is 20.0. The number of ether oxygens (including phenoxy) is 1. The molecule has 0 aliphatic heterocycles. The van der Waals surface area contributed by atoms with Gasteiger partial charge in [0.1, 0.15) is 5.41 Å². The van der Waals surface area contributed by atoms with Gasteiger partial charge in [-0.2, -0.15) is 0 Å². The van der Waals surface area contributed by atoms with Crippen molar-refractivity contribution in [1.82, 2.24) is 0 Å². The van der Waals surface area contributed by atoms with Crippen molar-refractivity contribution in [2.75, 3.05) is 0 Å². The maximum Gasteiger partial charge on any atom is 0.325 e. The molecule has 5 nitrogen and oxygen atoms in total. The molecule has 0 aromatic heterocycles. The number of carbonyl (C=O) groups excluding carboxylic acids is 2. The molecule has 17 heavy (non-hydrogen) atoms. The third-order valence-corrected chi connectivity index (χ3v) is 3.09. The fraction of sp³-hybridized carbons (Fsp3) is 0.818. The van der Waals surface area contributed by atoms with Gasteiger partial charge in [-0.1, -0.05) is 0 Å². The number of hydrogen-bond donors (Lipinski definition) is 2. The van der Waals surface area contributed by atoms with Gasteiger partial charge in [0.05, 0.1) is 11.2 Å². The molecule has 0 fully saturated rings. The fourth-order valence-electron chi connectivity index (χ4n) is 1.48. The zero-order valence-corrected chi connectivity index (χ0v) is 10.6. The lowest BCUT2D eigenvalue weighted by Crippen LogP contribution is -2.60. The molecule has 0 rings (SSSR count). The Labute approximate surface area is 112 Å². The van der Waals surface area contributed by atoms with E-state index in [2.05, 4.69) is 4.74 Å². The van der Waals surface area contributed by atoms with E-state index in [-0.39, 0.29) is 17.4 Å². The third-order valence-electron chi connectivity index (χ3n) is 3.09. The van der Waals surface area contributed by atoms with Gasteiger partial charge in [0.15, 0.2) is 17.4 Å². The molecular formula is C11H23AlO5. The highest BCUT2D eigenvalue weighted by molar-refractivity contribution is 5.89. The van der Waals surface area contributed by atoms with Gasteiger partial charge in [0, 0.05) is 6.92 Å². The molecule has 0 heterocycles. The summed E-state index contributed by atoms with van der Waals surface area (Å²) in [6, 6.07) is 0. The van der Waals surface area contributed by atoms with Gasteiger partial charge in [-0.05, 0) is 34.6 Å². The van der Waals surface area contributed by atoms with Crippen LogP contribution in [0.3, 0.4) is 0 Å². The Morgan fingerprint density at radius 2 is 1.24 bits per heavy atom. The lowest BCUT2D eigenvalue weighted by molar-refractivity contribution is -0.200. The van der Waals surface area contributed by atoms with Crippen LogP contribution in [-0.2, 0) is 14.3 Å². The SMILES string of the molecule is CC(=O)OC(=O)C(C)(C(C)(C)O)C(C)(C)O.[AlH3]. The normalized spacial score (nSPS) is 12.7. The molecule has 0 amide bonds. The van der Waals surface area contributed by atoms with Crippen LogP contribution in [0.25, 0.3) is 0 Å². The molecule has 100 valence electrons. The van der Waals surface area contributed by atoms with Crippen LogP contribution in [0.5, 0.6) is 0 Å². The number of rotatable bonds is 3. The van der Waals surface area contributed by atoms with E-state index in [1.807, 2.05) is 0 Å². The second-order valence-electron chi connectivity index (χ2n) is 5.12. The van der Waals surface area contributed by atoms with Crippen molar-refractivity contribution in [3.8, 4) is 0 Å². The molecule has 0 unspecified atom stereocenters.